The Morgan fingerprint density at radius 2 is 1.82 bits per heavy atom. The molecule has 0 heterocycles. The van der Waals surface area contributed by atoms with E-state index >= 15 is 0 Å². The molecule has 6 nitrogen and oxygen atoms in total. The van der Waals surface area contributed by atoms with Crippen LogP contribution < -0.4 is 14.8 Å². The molecule has 22 heavy (non-hydrogen) atoms. The molecule has 1 aromatic carbocycles. The predicted octanol–water partition coefficient (Wildman–Crippen LogP) is 1.67. The normalized spacial score (nSPS) is 11.2. The Balaban J connectivity index is 2.37. The van der Waals surface area contributed by atoms with Crippen molar-refractivity contribution >= 4 is 15.9 Å². The van der Waals surface area contributed by atoms with Gasteiger partial charge in [-0.1, -0.05) is 19.8 Å². The van der Waals surface area contributed by atoms with Crippen molar-refractivity contribution in [3.8, 4) is 5.75 Å². The van der Waals surface area contributed by atoms with Gasteiger partial charge >= 0.3 is 0 Å². The molecule has 0 unspecified atom stereocenters. The van der Waals surface area contributed by atoms with Crippen molar-refractivity contribution < 1.29 is 17.9 Å². The van der Waals surface area contributed by atoms with E-state index in [4.69, 9.17) is 4.74 Å². The number of rotatable bonds is 10. The van der Waals surface area contributed by atoms with Crippen LogP contribution >= 0.6 is 0 Å². The van der Waals surface area contributed by atoms with E-state index in [1.54, 1.807) is 12.1 Å². The number of sulfonamides is 1. The number of nitrogens with one attached hydrogen (secondary N) is 2. The second kappa shape index (κ2) is 9.42. The number of carbonyl (C=O) groups is 1. The van der Waals surface area contributed by atoms with Crippen LogP contribution in [-0.4, -0.2) is 34.5 Å². The molecule has 0 bridgehead atoms. The second-order valence-electron chi connectivity index (χ2n) is 4.88. The topological polar surface area (TPSA) is 84.5 Å². The molecule has 0 aliphatic carbocycles. The third-order valence-electron chi connectivity index (χ3n) is 3.12. The summed E-state index contributed by atoms with van der Waals surface area (Å²) >= 11 is 0. The largest absolute Gasteiger partial charge is 0.497 e. The lowest BCUT2D eigenvalue weighted by atomic mass is 10.2. The van der Waals surface area contributed by atoms with Gasteiger partial charge in [-0.25, -0.2) is 13.1 Å². The number of hydrogen-bond donors (Lipinski definition) is 2. The zero-order chi connectivity index (χ0) is 16.4. The van der Waals surface area contributed by atoms with Gasteiger partial charge < -0.3 is 10.1 Å². The second-order valence-corrected chi connectivity index (χ2v) is 6.65. The van der Waals surface area contributed by atoms with Crippen LogP contribution in [0.25, 0.3) is 0 Å². The van der Waals surface area contributed by atoms with Gasteiger partial charge in [0.2, 0.25) is 15.9 Å². The minimum atomic E-state index is -3.60. The first-order chi connectivity index (χ1) is 10.5. The van der Waals surface area contributed by atoms with Gasteiger partial charge in [0.1, 0.15) is 5.75 Å². The maximum atomic E-state index is 12.0. The van der Waals surface area contributed by atoms with Crippen LogP contribution in [0.2, 0.25) is 0 Å². The molecule has 0 saturated heterocycles. The Bertz CT molecular complexity index is 555. The number of amides is 1. The van der Waals surface area contributed by atoms with Crippen LogP contribution in [0.1, 0.15) is 32.6 Å². The summed E-state index contributed by atoms with van der Waals surface area (Å²) in [4.78, 5) is 11.7. The first-order valence-electron chi connectivity index (χ1n) is 7.40. The molecule has 0 aliphatic heterocycles. The van der Waals surface area contributed by atoms with Crippen molar-refractivity contribution in [3.63, 3.8) is 0 Å². The molecule has 0 saturated carbocycles. The Labute approximate surface area is 132 Å². The predicted molar refractivity (Wildman–Crippen MR) is 85.3 cm³/mol. The first kappa shape index (κ1) is 18.4. The molecule has 0 aromatic heterocycles. The Kier molecular flexibility index (Phi) is 7.90. The van der Waals surface area contributed by atoms with E-state index in [0.29, 0.717) is 12.3 Å². The zero-order valence-corrected chi connectivity index (χ0v) is 13.9. The minimum absolute atomic E-state index is 0.0774. The van der Waals surface area contributed by atoms with E-state index < -0.39 is 10.0 Å². The molecule has 1 rings (SSSR count). The summed E-state index contributed by atoms with van der Waals surface area (Å²) in [5.41, 5.74) is 0. The Hall–Kier alpha value is -1.60. The molecule has 1 amide bonds. The average molecular weight is 328 g/mol. The molecule has 1 aromatic rings. The summed E-state index contributed by atoms with van der Waals surface area (Å²) in [7, 11) is -2.08. The van der Waals surface area contributed by atoms with Gasteiger partial charge in [-0.3, -0.25) is 4.79 Å². The van der Waals surface area contributed by atoms with E-state index in [2.05, 4.69) is 17.0 Å². The lowest BCUT2D eigenvalue weighted by Crippen LogP contribution is -2.31. The molecular weight excluding hydrogens is 304 g/mol. The molecule has 0 aliphatic rings. The van der Waals surface area contributed by atoms with Gasteiger partial charge in [0, 0.05) is 19.5 Å². The summed E-state index contributed by atoms with van der Waals surface area (Å²) in [5.74, 6) is 0.443. The molecule has 7 heteroatoms. The van der Waals surface area contributed by atoms with Gasteiger partial charge in [0.25, 0.3) is 0 Å². The molecule has 0 spiro atoms. The maximum Gasteiger partial charge on any atom is 0.240 e. The van der Waals surface area contributed by atoms with Gasteiger partial charge in [-0.15, -0.1) is 0 Å². The molecule has 2 N–H and O–H groups in total. The highest BCUT2D eigenvalue weighted by molar-refractivity contribution is 7.89. The fraction of sp³-hybridized carbons (Fsp3) is 0.533. The number of hydrogen-bond acceptors (Lipinski definition) is 4. The summed E-state index contributed by atoms with van der Waals surface area (Å²) in [6.45, 7) is 2.81. The number of methoxy groups -OCH3 is 1. The van der Waals surface area contributed by atoms with Crippen molar-refractivity contribution in [2.75, 3.05) is 20.2 Å². The van der Waals surface area contributed by atoms with Crippen molar-refractivity contribution in [1.29, 1.82) is 0 Å². The zero-order valence-electron chi connectivity index (χ0n) is 13.1. The Morgan fingerprint density at radius 1 is 1.14 bits per heavy atom. The number of carbonyl (C=O) groups excluding carboxylic acids is 1. The first-order valence-corrected chi connectivity index (χ1v) is 8.88. The molecule has 124 valence electrons. The molecular formula is C15H24N2O4S. The van der Waals surface area contributed by atoms with Gasteiger partial charge in [-0.05, 0) is 30.7 Å². The monoisotopic (exact) mass is 328 g/mol. The van der Waals surface area contributed by atoms with Crippen LogP contribution in [0.3, 0.4) is 0 Å². The van der Waals surface area contributed by atoms with Gasteiger partial charge in [0.05, 0.1) is 12.0 Å². The highest BCUT2D eigenvalue weighted by Gasteiger charge is 2.14. The Morgan fingerprint density at radius 3 is 2.41 bits per heavy atom. The van der Waals surface area contributed by atoms with E-state index in [9.17, 15) is 13.2 Å². The summed E-state index contributed by atoms with van der Waals surface area (Å²) in [6.07, 6.45) is 3.24. The number of benzene rings is 1. The highest BCUT2D eigenvalue weighted by Crippen LogP contribution is 2.15. The SMILES string of the molecule is CCCCCNC(=O)CCNS(=O)(=O)c1ccc(OC)cc1. The van der Waals surface area contributed by atoms with E-state index in [0.717, 1.165) is 19.3 Å². The average Bonchev–Trinajstić information content (AvgIpc) is 2.51. The third kappa shape index (κ3) is 6.44. The fourth-order valence-electron chi connectivity index (χ4n) is 1.83. The summed E-state index contributed by atoms with van der Waals surface area (Å²) in [5, 5.41) is 2.77. The van der Waals surface area contributed by atoms with Crippen molar-refractivity contribution in [1.82, 2.24) is 10.0 Å². The van der Waals surface area contributed by atoms with E-state index in [1.807, 2.05) is 0 Å². The van der Waals surface area contributed by atoms with E-state index in [-0.39, 0.29) is 23.8 Å². The van der Waals surface area contributed by atoms with Crippen molar-refractivity contribution in [3.05, 3.63) is 24.3 Å². The molecule has 0 atom stereocenters. The molecule has 0 fully saturated rings. The summed E-state index contributed by atoms with van der Waals surface area (Å²) in [6, 6.07) is 6.09. The summed E-state index contributed by atoms with van der Waals surface area (Å²) < 4.78 is 31.5. The smallest absolute Gasteiger partial charge is 0.240 e. The van der Waals surface area contributed by atoms with Crippen LogP contribution in [0, 0.1) is 0 Å². The third-order valence-corrected chi connectivity index (χ3v) is 4.59. The number of unbranched alkanes of at least 4 members (excludes halogenated alkanes) is 2. The quantitative estimate of drug-likeness (QED) is 0.640. The van der Waals surface area contributed by atoms with Gasteiger partial charge in [0.15, 0.2) is 0 Å². The maximum absolute atomic E-state index is 12.0. The molecule has 0 radical (unpaired) electrons. The van der Waals surface area contributed by atoms with E-state index in [1.165, 1.54) is 19.2 Å². The lowest BCUT2D eigenvalue weighted by molar-refractivity contribution is -0.120. The van der Waals surface area contributed by atoms with Crippen LogP contribution in [-0.2, 0) is 14.8 Å². The van der Waals surface area contributed by atoms with Crippen LogP contribution in [0.15, 0.2) is 29.2 Å². The number of ether oxygens (including phenoxy) is 1. The lowest BCUT2D eigenvalue weighted by Gasteiger charge is -2.08. The van der Waals surface area contributed by atoms with Crippen molar-refractivity contribution in [2.45, 2.75) is 37.5 Å². The minimum Gasteiger partial charge on any atom is -0.497 e. The fourth-order valence-corrected chi connectivity index (χ4v) is 2.86. The van der Waals surface area contributed by atoms with Crippen molar-refractivity contribution in [2.24, 2.45) is 0 Å². The van der Waals surface area contributed by atoms with Gasteiger partial charge in [-0.2, -0.15) is 0 Å². The standard InChI is InChI=1S/C15H24N2O4S/c1-3-4-5-11-16-15(18)10-12-17-22(19,20)14-8-6-13(21-2)7-9-14/h6-9,17H,3-5,10-12H2,1-2H3,(H,16,18). The van der Waals surface area contributed by atoms with Crippen LogP contribution in [0.4, 0.5) is 0 Å². The van der Waals surface area contributed by atoms with Crippen LogP contribution in [0.5, 0.6) is 5.75 Å². The highest BCUT2D eigenvalue weighted by atomic mass is 32.2.